The number of sulfonamides is 1. The van der Waals surface area contributed by atoms with E-state index >= 15 is 0 Å². The van der Waals surface area contributed by atoms with Gasteiger partial charge in [0.05, 0.1) is 11.4 Å². The highest BCUT2D eigenvalue weighted by atomic mass is 79.9. The summed E-state index contributed by atoms with van der Waals surface area (Å²) >= 11 is 6.35. The van der Waals surface area contributed by atoms with Crippen LogP contribution in [0.3, 0.4) is 0 Å². The van der Waals surface area contributed by atoms with Gasteiger partial charge < -0.3 is 5.73 Å². The van der Waals surface area contributed by atoms with Crippen molar-refractivity contribution in [3.8, 4) is 0 Å². The van der Waals surface area contributed by atoms with Gasteiger partial charge in [-0.3, -0.25) is 4.72 Å². The van der Waals surface area contributed by atoms with E-state index in [1.54, 1.807) is 6.07 Å². The fourth-order valence-electron chi connectivity index (χ4n) is 1.54. The number of halogens is 3. The molecule has 0 aliphatic carbocycles. The first kappa shape index (κ1) is 15.3. The summed E-state index contributed by atoms with van der Waals surface area (Å²) in [5.41, 5.74) is 5.89. The minimum atomic E-state index is -3.89. The topological polar surface area (TPSA) is 72.2 Å². The Labute approximate surface area is 132 Å². The Kier molecular flexibility index (Phi) is 4.36. The van der Waals surface area contributed by atoms with Crippen molar-refractivity contribution < 1.29 is 12.8 Å². The summed E-state index contributed by atoms with van der Waals surface area (Å²) < 4.78 is 41.1. The maximum Gasteiger partial charge on any atom is 0.263 e. The van der Waals surface area contributed by atoms with Gasteiger partial charge in [-0.2, -0.15) is 0 Å². The van der Waals surface area contributed by atoms with Gasteiger partial charge in [-0.1, -0.05) is 15.9 Å². The third-order valence-corrected chi connectivity index (χ3v) is 5.06. The summed E-state index contributed by atoms with van der Waals surface area (Å²) in [6.45, 7) is 0. The highest BCUT2D eigenvalue weighted by molar-refractivity contribution is 9.10. The first-order chi connectivity index (χ1) is 9.29. The van der Waals surface area contributed by atoms with Crippen LogP contribution in [0.5, 0.6) is 0 Å². The minimum absolute atomic E-state index is 0.0724. The Morgan fingerprint density at radius 2 is 1.80 bits per heavy atom. The van der Waals surface area contributed by atoms with E-state index in [2.05, 4.69) is 36.6 Å². The van der Waals surface area contributed by atoms with Gasteiger partial charge in [-0.15, -0.1) is 0 Å². The lowest BCUT2D eigenvalue weighted by Crippen LogP contribution is -2.15. The molecule has 4 nitrogen and oxygen atoms in total. The van der Waals surface area contributed by atoms with E-state index in [0.29, 0.717) is 8.95 Å². The van der Waals surface area contributed by atoms with E-state index in [9.17, 15) is 12.8 Å². The number of benzene rings is 2. The molecule has 2 aromatic rings. The Hall–Kier alpha value is -1.12. The van der Waals surface area contributed by atoms with Crippen molar-refractivity contribution in [3.63, 3.8) is 0 Å². The molecule has 0 saturated heterocycles. The minimum Gasteiger partial charge on any atom is -0.398 e. The maximum atomic E-state index is 13.2. The van der Waals surface area contributed by atoms with Crippen LogP contribution < -0.4 is 10.5 Å². The van der Waals surface area contributed by atoms with E-state index in [1.165, 1.54) is 24.3 Å². The average molecular weight is 424 g/mol. The SMILES string of the molecule is Nc1cc(Br)ccc1S(=O)(=O)Nc1cc(F)ccc1Br. The number of hydrogen-bond donors (Lipinski definition) is 2. The molecule has 106 valence electrons. The summed E-state index contributed by atoms with van der Waals surface area (Å²) in [5, 5.41) is 0. The highest BCUT2D eigenvalue weighted by Crippen LogP contribution is 2.28. The van der Waals surface area contributed by atoms with Gasteiger partial charge in [0, 0.05) is 8.95 Å². The molecule has 0 unspecified atom stereocenters. The van der Waals surface area contributed by atoms with E-state index < -0.39 is 15.8 Å². The predicted molar refractivity (Wildman–Crippen MR) is 83.5 cm³/mol. The van der Waals surface area contributed by atoms with E-state index in [-0.39, 0.29) is 16.3 Å². The first-order valence-corrected chi connectivity index (χ1v) is 8.39. The zero-order valence-electron chi connectivity index (χ0n) is 9.90. The van der Waals surface area contributed by atoms with Crippen molar-refractivity contribution in [3.05, 3.63) is 51.2 Å². The van der Waals surface area contributed by atoms with Crippen molar-refractivity contribution in [2.24, 2.45) is 0 Å². The van der Waals surface area contributed by atoms with Crippen LogP contribution in [-0.4, -0.2) is 8.42 Å². The molecule has 0 radical (unpaired) electrons. The quantitative estimate of drug-likeness (QED) is 0.738. The monoisotopic (exact) mass is 422 g/mol. The van der Waals surface area contributed by atoms with E-state index in [1.807, 2.05) is 0 Å². The van der Waals surface area contributed by atoms with Gasteiger partial charge in [0.2, 0.25) is 0 Å². The zero-order valence-corrected chi connectivity index (χ0v) is 13.9. The molecule has 0 atom stereocenters. The summed E-state index contributed by atoms with van der Waals surface area (Å²) in [5.74, 6) is -0.547. The summed E-state index contributed by atoms with van der Waals surface area (Å²) in [6.07, 6.45) is 0. The van der Waals surface area contributed by atoms with Gasteiger partial charge in [0.25, 0.3) is 10.0 Å². The van der Waals surface area contributed by atoms with Crippen LogP contribution in [0.1, 0.15) is 0 Å². The fourth-order valence-corrected chi connectivity index (χ4v) is 3.58. The highest BCUT2D eigenvalue weighted by Gasteiger charge is 2.19. The lowest BCUT2D eigenvalue weighted by molar-refractivity contribution is 0.601. The van der Waals surface area contributed by atoms with Crippen LogP contribution in [-0.2, 0) is 10.0 Å². The Morgan fingerprint density at radius 1 is 1.10 bits per heavy atom. The molecule has 0 amide bonds. The molecule has 0 saturated carbocycles. The normalized spacial score (nSPS) is 11.3. The van der Waals surface area contributed by atoms with E-state index in [0.717, 1.165) is 6.07 Å². The van der Waals surface area contributed by atoms with Gasteiger partial charge >= 0.3 is 0 Å². The summed E-state index contributed by atoms with van der Waals surface area (Å²) in [4.78, 5) is -0.0724. The summed E-state index contributed by atoms with van der Waals surface area (Å²) in [7, 11) is -3.89. The lowest BCUT2D eigenvalue weighted by atomic mass is 10.3. The second-order valence-electron chi connectivity index (χ2n) is 3.91. The van der Waals surface area contributed by atoms with Crippen LogP contribution in [0.15, 0.2) is 50.2 Å². The standard InChI is InChI=1S/C12H9Br2FN2O2S/c13-7-1-4-12(10(16)5-7)20(18,19)17-11-6-8(15)2-3-9(11)14/h1-6,17H,16H2. The van der Waals surface area contributed by atoms with Crippen LogP contribution in [0, 0.1) is 5.82 Å². The third kappa shape index (κ3) is 3.31. The number of rotatable bonds is 3. The van der Waals surface area contributed by atoms with Gasteiger partial charge in [-0.05, 0) is 52.3 Å². The van der Waals surface area contributed by atoms with Crippen molar-refractivity contribution in [1.29, 1.82) is 0 Å². The Morgan fingerprint density at radius 3 is 2.45 bits per heavy atom. The molecule has 0 aliphatic rings. The number of nitrogens with two attached hydrogens (primary N) is 1. The molecular formula is C12H9Br2FN2O2S. The predicted octanol–water partition coefficient (Wildman–Crippen LogP) is 3.73. The largest absolute Gasteiger partial charge is 0.398 e. The number of nitrogen functional groups attached to an aromatic ring is 1. The van der Waals surface area contributed by atoms with Crippen molar-refractivity contribution >= 4 is 53.3 Å². The molecule has 0 spiro atoms. The molecule has 2 rings (SSSR count). The second kappa shape index (κ2) is 5.71. The lowest BCUT2D eigenvalue weighted by Gasteiger charge is -2.11. The van der Waals surface area contributed by atoms with E-state index in [4.69, 9.17) is 5.73 Å². The molecule has 0 fully saturated rings. The van der Waals surface area contributed by atoms with Crippen LogP contribution in [0.25, 0.3) is 0 Å². The van der Waals surface area contributed by atoms with Gasteiger partial charge in [0.15, 0.2) is 0 Å². The smallest absolute Gasteiger partial charge is 0.263 e. The third-order valence-electron chi connectivity index (χ3n) is 2.43. The number of anilines is 2. The van der Waals surface area contributed by atoms with Crippen molar-refractivity contribution in [1.82, 2.24) is 0 Å². The van der Waals surface area contributed by atoms with Crippen LogP contribution in [0.4, 0.5) is 15.8 Å². The van der Waals surface area contributed by atoms with Gasteiger partial charge in [-0.25, -0.2) is 12.8 Å². The molecule has 2 aromatic carbocycles. The Bertz CT molecular complexity index is 766. The summed E-state index contributed by atoms with van der Waals surface area (Å²) in [6, 6.07) is 8.13. The molecule has 0 aromatic heterocycles. The number of hydrogen-bond acceptors (Lipinski definition) is 3. The van der Waals surface area contributed by atoms with Crippen molar-refractivity contribution in [2.75, 3.05) is 10.5 Å². The maximum absolute atomic E-state index is 13.2. The van der Waals surface area contributed by atoms with Gasteiger partial charge in [0.1, 0.15) is 10.7 Å². The number of nitrogens with one attached hydrogen (secondary N) is 1. The zero-order chi connectivity index (χ0) is 14.9. The van der Waals surface area contributed by atoms with Crippen LogP contribution >= 0.6 is 31.9 Å². The molecule has 0 bridgehead atoms. The molecule has 3 N–H and O–H groups in total. The fraction of sp³-hybridized carbons (Fsp3) is 0. The molecule has 20 heavy (non-hydrogen) atoms. The molecule has 0 heterocycles. The average Bonchev–Trinajstić information content (AvgIpc) is 2.33. The Balaban J connectivity index is 2.43. The second-order valence-corrected chi connectivity index (χ2v) is 7.33. The molecule has 0 aliphatic heterocycles. The first-order valence-electron chi connectivity index (χ1n) is 5.32. The molecular weight excluding hydrogens is 415 g/mol. The molecule has 8 heteroatoms. The van der Waals surface area contributed by atoms with Crippen LogP contribution in [0.2, 0.25) is 0 Å². The van der Waals surface area contributed by atoms with Crippen molar-refractivity contribution in [2.45, 2.75) is 4.90 Å².